The van der Waals surface area contributed by atoms with Crippen molar-refractivity contribution in [3.8, 4) is 0 Å². The van der Waals surface area contributed by atoms with Gasteiger partial charge in [0.05, 0.1) is 6.67 Å². The van der Waals surface area contributed by atoms with E-state index < -0.39 is 0 Å². The Labute approximate surface area is 64.4 Å². The van der Waals surface area contributed by atoms with Crippen LogP contribution >= 0.6 is 0 Å². The normalized spacial score (nSPS) is 5.00. The number of rotatable bonds is 1. The van der Waals surface area contributed by atoms with Gasteiger partial charge in [-0.2, -0.15) is 6.42 Å². The van der Waals surface area contributed by atoms with E-state index in [1.807, 2.05) is 0 Å². The molecule has 3 heteroatoms. The first-order chi connectivity index (χ1) is 1.91. The fourth-order valence-corrected chi connectivity index (χ4v) is 0. The Morgan fingerprint density at radius 2 is 1.67 bits per heavy atom. The second kappa shape index (κ2) is 16.4. The molecule has 0 nitrogen and oxygen atoms in total. The molecule has 6 heavy (non-hydrogen) atoms. The molecule has 0 spiro atoms. The van der Waals surface area contributed by atoms with Crippen molar-refractivity contribution in [3.05, 3.63) is 6.92 Å². The Bertz CT molecular complexity index is 12.8. The second-order valence-electron chi connectivity index (χ2n) is 0.543. The third kappa shape index (κ3) is 19.1. The van der Waals surface area contributed by atoms with Crippen molar-refractivity contribution in [1.29, 1.82) is 0 Å². The van der Waals surface area contributed by atoms with E-state index in [9.17, 15) is 4.39 Å². The summed E-state index contributed by atoms with van der Waals surface area (Å²) in [5.74, 6) is 0. The van der Waals surface area contributed by atoms with Crippen LogP contribution in [-0.2, 0) is 0 Å². The summed E-state index contributed by atoms with van der Waals surface area (Å²) in [7, 11) is 0. The second-order valence-corrected chi connectivity index (χ2v) is 0.543. The van der Waals surface area contributed by atoms with Crippen LogP contribution in [0.3, 0.4) is 0 Å². The third-order valence-electron chi connectivity index (χ3n) is 0.134. The van der Waals surface area contributed by atoms with Gasteiger partial charge < -0.3 is 23.9 Å². The van der Waals surface area contributed by atoms with Crippen molar-refractivity contribution in [1.82, 2.24) is 0 Å². The molecule has 0 atom stereocenters. The van der Waals surface area contributed by atoms with Gasteiger partial charge in [0.2, 0.25) is 0 Å². The molecule has 0 aromatic rings. The van der Waals surface area contributed by atoms with Crippen LogP contribution in [0, 0.1) is 6.92 Å². The number of hydrogen-bond donors (Lipinski definition) is 0. The van der Waals surface area contributed by atoms with Gasteiger partial charge in [0.1, 0.15) is 0 Å². The molecule has 0 N–H and O–H groups in total. The number of halogens is 2. The molecule has 0 rings (SSSR count). The summed E-state index contributed by atoms with van der Waals surface area (Å²) in [6.07, 6.45) is 0.403. The zero-order chi connectivity index (χ0) is 3.41. The number of alkyl halides is 1. The van der Waals surface area contributed by atoms with Crippen LogP contribution in [0.4, 0.5) is 4.39 Å². The first kappa shape index (κ1) is 15.7. The predicted molar refractivity (Wildman–Crippen MR) is 21.7 cm³/mol. The molecule has 0 fully saturated rings. The van der Waals surface area contributed by atoms with Crippen LogP contribution < -0.4 is 17.0 Å². The van der Waals surface area contributed by atoms with E-state index in [0.717, 1.165) is 0 Å². The molecule has 0 heterocycles. The minimum Gasteiger partial charge on any atom is -1.00 e. The molecule has 0 aromatic carbocycles. The van der Waals surface area contributed by atoms with Gasteiger partial charge in [-0.15, -0.1) is 0 Å². The van der Waals surface area contributed by atoms with Crippen LogP contribution in [0.2, 0.25) is 0 Å². The number of hydrogen-bond acceptors (Lipinski definition) is 0. The van der Waals surface area contributed by atoms with Crippen molar-refractivity contribution in [2.24, 2.45) is 0 Å². The van der Waals surface area contributed by atoms with E-state index in [1.165, 1.54) is 0 Å². The van der Waals surface area contributed by atoms with Gasteiger partial charge in [-0.3, -0.25) is 4.39 Å². The summed E-state index contributed by atoms with van der Waals surface area (Å²) >= 11 is 0. The van der Waals surface area contributed by atoms with Gasteiger partial charge in [-0.1, -0.05) is 0 Å². The first-order valence-electron chi connectivity index (χ1n) is 1.27. The summed E-state index contributed by atoms with van der Waals surface area (Å²) < 4.78 is 10.7. The van der Waals surface area contributed by atoms with Gasteiger partial charge in [-0.05, 0) is 0 Å². The molecule has 0 radical (unpaired) electrons. The maximum Gasteiger partial charge on any atom is 2.00 e. The fourth-order valence-electron chi connectivity index (χ4n) is 0. The molecule has 0 saturated carbocycles. The van der Waals surface area contributed by atoms with Gasteiger partial charge in [0.25, 0.3) is 0 Å². The Hall–Kier alpha value is 1.18. The summed E-state index contributed by atoms with van der Waals surface area (Å²) in [6, 6.07) is 0. The molecule has 0 aromatic heterocycles. The van der Waals surface area contributed by atoms with E-state index in [2.05, 4.69) is 6.92 Å². The van der Waals surface area contributed by atoms with Crippen molar-refractivity contribution < 1.29 is 21.4 Å². The summed E-state index contributed by atoms with van der Waals surface area (Å²) in [5, 5.41) is 0. The quantitative estimate of drug-likeness (QED) is 0.306. The molecular weight excluding hydrogens is 159 g/mol. The topological polar surface area (TPSA) is 0 Å². The predicted octanol–water partition coefficient (Wildman–Crippen LogP) is -2.20. The Kier molecular flexibility index (Phi) is 42.9. The Morgan fingerprint density at radius 3 is 1.67 bits per heavy atom. The largest absolute Gasteiger partial charge is 2.00 e. The van der Waals surface area contributed by atoms with E-state index >= 15 is 0 Å². The molecular formula is C3H6BrFMg. The van der Waals surface area contributed by atoms with E-state index in [-0.39, 0.29) is 46.7 Å². The van der Waals surface area contributed by atoms with Crippen molar-refractivity contribution in [2.75, 3.05) is 6.67 Å². The van der Waals surface area contributed by atoms with Gasteiger partial charge >= 0.3 is 23.1 Å². The Balaban J connectivity index is -0.0000000450. The fraction of sp³-hybridized carbons (Fsp3) is 0.667. The van der Waals surface area contributed by atoms with Crippen molar-refractivity contribution >= 4 is 23.1 Å². The van der Waals surface area contributed by atoms with Gasteiger partial charge in [0, 0.05) is 0 Å². The summed E-state index contributed by atoms with van der Waals surface area (Å²) in [5.41, 5.74) is 0. The molecule has 34 valence electrons. The maximum atomic E-state index is 10.7. The van der Waals surface area contributed by atoms with E-state index in [4.69, 9.17) is 0 Å². The first-order valence-corrected chi connectivity index (χ1v) is 1.27. The van der Waals surface area contributed by atoms with Gasteiger partial charge in [0.15, 0.2) is 0 Å². The SMILES string of the molecule is [Br-].[CH2-]CCF.[Mg+2]. The van der Waals surface area contributed by atoms with Crippen LogP contribution in [0.15, 0.2) is 0 Å². The molecule has 0 aliphatic carbocycles. The zero-order valence-corrected chi connectivity index (χ0v) is 6.58. The molecule has 0 unspecified atom stereocenters. The average molecular weight is 165 g/mol. The van der Waals surface area contributed by atoms with Gasteiger partial charge in [-0.25, -0.2) is 0 Å². The van der Waals surface area contributed by atoms with Crippen molar-refractivity contribution in [3.63, 3.8) is 0 Å². The minimum absolute atomic E-state index is 0. The van der Waals surface area contributed by atoms with Crippen LogP contribution in [-0.4, -0.2) is 29.7 Å². The van der Waals surface area contributed by atoms with Crippen LogP contribution in [0.5, 0.6) is 0 Å². The average Bonchev–Trinajstić information content (AvgIpc) is 1.37. The molecule has 0 bridgehead atoms. The molecule has 0 aliphatic heterocycles. The van der Waals surface area contributed by atoms with E-state index in [0.29, 0.717) is 6.42 Å². The minimum atomic E-state index is -0.292. The Morgan fingerprint density at radius 1 is 1.50 bits per heavy atom. The van der Waals surface area contributed by atoms with Crippen LogP contribution in [0.25, 0.3) is 0 Å². The smallest absolute Gasteiger partial charge is 1.00 e. The summed E-state index contributed by atoms with van der Waals surface area (Å²) in [6.45, 7) is 2.94. The van der Waals surface area contributed by atoms with Crippen LogP contribution in [0.1, 0.15) is 6.42 Å². The molecule has 0 aliphatic rings. The monoisotopic (exact) mass is 164 g/mol. The van der Waals surface area contributed by atoms with Crippen molar-refractivity contribution in [2.45, 2.75) is 6.42 Å². The molecule has 0 saturated heterocycles. The summed E-state index contributed by atoms with van der Waals surface area (Å²) in [4.78, 5) is 0. The van der Waals surface area contributed by atoms with E-state index in [1.54, 1.807) is 0 Å². The third-order valence-corrected chi connectivity index (χ3v) is 0.134. The maximum absolute atomic E-state index is 10.7. The molecule has 0 amide bonds. The standard InChI is InChI=1S/C3H6F.BrH.Mg/c1-2-3-4;;/h1-3H2;1H;/q-1;;+2/p-1. The zero-order valence-electron chi connectivity index (χ0n) is 3.58.